The minimum atomic E-state index is 0. The molecule has 1 unspecified atom stereocenters. The number of aryl methyl sites for hydroxylation is 1. The summed E-state index contributed by atoms with van der Waals surface area (Å²) in [4.78, 5) is 18.1. The minimum Gasteiger partial charge on any atom is -0.347 e. The number of aromatic nitrogens is 1. The van der Waals surface area contributed by atoms with Crippen molar-refractivity contribution in [3.8, 4) is 0 Å². The first-order valence-electron chi connectivity index (χ1n) is 8.83. The van der Waals surface area contributed by atoms with Crippen molar-refractivity contribution in [3.63, 3.8) is 0 Å². The Labute approximate surface area is 148 Å². The molecule has 1 aromatic carbocycles. The summed E-state index contributed by atoms with van der Waals surface area (Å²) >= 11 is 0. The van der Waals surface area contributed by atoms with Crippen molar-refractivity contribution in [1.29, 1.82) is 0 Å². The van der Waals surface area contributed by atoms with E-state index < -0.39 is 0 Å². The Hall–Kier alpha value is -1.52. The summed E-state index contributed by atoms with van der Waals surface area (Å²) in [6, 6.07) is 8.76. The molecule has 24 heavy (non-hydrogen) atoms. The lowest BCUT2D eigenvalue weighted by atomic mass is 9.82. The summed E-state index contributed by atoms with van der Waals surface area (Å²) in [6.07, 6.45) is 3.50. The van der Waals surface area contributed by atoms with Crippen LogP contribution in [0.1, 0.15) is 28.9 Å². The van der Waals surface area contributed by atoms with Crippen molar-refractivity contribution in [2.24, 2.45) is 13.0 Å². The highest BCUT2D eigenvalue weighted by Crippen LogP contribution is 2.36. The number of hydrogen-bond acceptors (Lipinski definition) is 2. The number of amides is 1. The van der Waals surface area contributed by atoms with Gasteiger partial charge in [0.05, 0.1) is 5.56 Å². The summed E-state index contributed by atoms with van der Waals surface area (Å²) in [5, 5.41) is 1.13. The third-order valence-corrected chi connectivity index (χ3v) is 6.31. The smallest absolute Gasteiger partial charge is 0.256 e. The van der Waals surface area contributed by atoms with Crippen LogP contribution in [0.5, 0.6) is 0 Å². The van der Waals surface area contributed by atoms with Crippen molar-refractivity contribution in [2.75, 3.05) is 26.2 Å². The molecular weight excluding hydrogens is 322 g/mol. The van der Waals surface area contributed by atoms with Crippen LogP contribution in [0.4, 0.5) is 0 Å². The highest BCUT2D eigenvalue weighted by atomic mass is 35.5. The van der Waals surface area contributed by atoms with Gasteiger partial charge in [0, 0.05) is 49.2 Å². The molecule has 128 valence electrons. The Morgan fingerprint density at radius 1 is 1.08 bits per heavy atom. The van der Waals surface area contributed by atoms with E-state index in [9.17, 15) is 4.79 Å². The van der Waals surface area contributed by atoms with Gasteiger partial charge >= 0.3 is 0 Å². The fraction of sp³-hybridized carbons (Fsp3) is 0.526. The van der Waals surface area contributed by atoms with Gasteiger partial charge in [0.1, 0.15) is 0 Å². The van der Waals surface area contributed by atoms with E-state index >= 15 is 0 Å². The van der Waals surface area contributed by atoms with E-state index in [0.717, 1.165) is 30.5 Å². The summed E-state index contributed by atoms with van der Waals surface area (Å²) in [5.74, 6) is 0.974. The number of carbonyl (C=O) groups is 1. The van der Waals surface area contributed by atoms with E-state index in [0.29, 0.717) is 12.0 Å². The lowest BCUT2D eigenvalue weighted by Gasteiger charge is -2.49. The number of benzene rings is 1. The van der Waals surface area contributed by atoms with E-state index in [-0.39, 0.29) is 18.3 Å². The Morgan fingerprint density at radius 3 is 2.54 bits per heavy atom. The molecule has 0 N–H and O–H groups in total. The molecule has 5 heteroatoms. The van der Waals surface area contributed by atoms with Crippen molar-refractivity contribution in [2.45, 2.75) is 25.3 Å². The summed E-state index contributed by atoms with van der Waals surface area (Å²) in [7, 11) is 2.10. The third-order valence-electron chi connectivity index (χ3n) is 6.31. The van der Waals surface area contributed by atoms with Gasteiger partial charge in [-0.3, -0.25) is 4.79 Å². The van der Waals surface area contributed by atoms with Crippen molar-refractivity contribution in [3.05, 3.63) is 35.5 Å². The number of hydrogen-bond donors (Lipinski definition) is 0. The molecule has 4 aliphatic heterocycles. The largest absolute Gasteiger partial charge is 0.347 e. The quantitative estimate of drug-likeness (QED) is 0.795. The zero-order valence-corrected chi connectivity index (χ0v) is 14.9. The Balaban J connectivity index is 0.00000146. The molecule has 2 aromatic rings. The van der Waals surface area contributed by atoms with Gasteiger partial charge in [-0.2, -0.15) is 0 Å². The van der Waals surface area contributed by atoms with Crippen molar-refractivity contribution >= 4 is 29.2 Å². The molecule has 0 radical (unpaired) electrons. The first-order valence-corrected chi connectivity index (χ1v) is 8.83. The fourth-order valence-corrected chi connectivity index (χ4v) is 5.05. The van der Waals surface area contributed by atoms with Gasteiger partial charge in [0.25, 0.3) is 5.91 Å². The van der Waals surface area contributed by atoms with Crippen LogP contribution in [0.2, 0.25) is 0 Å². The first-order chi connectivity index (χ1) is 11.2. The average Bonchev–Trinajstić information content (AvgIpc) is 2.90. The van der Waals surface area contributed by atoms with E-state index in [1.807, 2.05) is 6.07 Å². The van der Waals surface area contributed by atoms with Crippen LogP contribution in [-0.4, -0.2) is 52.5 Å². The fourth-order valence-electron chi connectivity index (χ4n) is 5.05. The zero-order valence-electron chi connectivity index (χ0n) is 14.1. The molecule has 4 aliphatic rings. The molecule has 5 heterocycles. The molecular formula is C19H24ClN3O. The van der Waals surface area contributed by atoms with Gasteiger partial charge in [-0.05, 0) is 37.9 Å². The second-order valence-corrected chi connectivity index (χ2v) is 7.35. The molecule has 1 amide bonds. The van der Waals surface area contributed by atoms with Crippen molar-refractivity contribution < 1.29 is 4.79 Å². The number of carbonyl (C=O) groups excluding carboxylic acids is 1. The number of para-hydroxylation sites is 1. The van der Waals surface area contributed by atoms with E-state index in [4.69, 9.17) is 0 Å². The highest BCUT2D eigenvalue weighted by molar-refractivity contribution is 6.09. The molecule has 0 spiro atoms. The van der Waals surface area contributed by atoms with E-state index in [2.05, 4.69) is 39.6 Å². The number of fused-ring (bicyclic) bond motifs is 6. The topological polar surface area (TPSA) is 28.5 Å². The maximum absolute atomic E-state index is 13.3. The summed E-state index contributed by atoms with van der Waals surface area (Å²) < 4.78 is 2.22. The van der Waals surface area contributed by atoms with Crippen LogP contribution in [0.3, 0.4) is 0 Å². The van der Waals surface area contributed by atoms with Gasteiger partial charge in [0.2, 0.25) is 0 Å². The molecule has 6 rings (SSSR count). The lowest BCUT2D eigenvalue weighted by Crippen LogP contribution is -2.59. The molecule has 4 nitrogen and oxygen atoms in total. The summed E-state index contributed by atoms with van der Waals surface area (Å²) in [5.41, 5.74) is 3.36. The number of rotatable bonds is 1. The monoisotopic (exact) mass is 345 g/mol. The molecule has 1 aromatic heterocycles. The van der Waals surface area contributed by atoms with Crippen LogP contribution in [0.15, 0.2) is 24.3 Å². The lowest BCUT2D eigenvalue weighted by molar-refractivity contribution is 0.00599. The average molecular weight is 346 g/mol. The number of piperidine rings is 3. The second kappa shape index (κ2) is 5.78. The SMILES string of the molecule is Cl.Cn1c2c(c3ccccc31)C(=O)N(C1CN3CCC1CC3)CC2. The second-order valence-electron chi connectivity index (χ2n) is 7.35. The molecule has 3 saturated heterocycles. The van der Waals surface area contributed by atoms with Crippen LogP contribution in [-0.2, 0) is 13.5 Å². The maximum Gasteiger partial charge on any atom is 0.256 e. The van der Waals surface area contributed by atoms with Gasteiger partial charge in [-0.1, -0.05) is 18.2 Å². The Morgan fingerprint density at radius 2 is 1.83 bits per heavy atom. The third kappa shape index (κ3) is 2.12. The molecule has 3 fully saturated rings. The van der Waals surface area contributed by atoms with Gasteiger partial charge in [-0.25, -0.2) is 0 Å². The minimum absolute atomic E-state index is 0. The van der Waals surface area contributed by atoms with Crippen LogP contribution >= 0.6 is 12.4 Å². The van der Waals surface area contributed by atoms with Crippen LogP contribution in [0.25, 0.3) is 10.9 Å². The van der Waals surface area contributed by atoms with Crippen molar-refractivity contribution in [1.82, 2.24) is 14.4 Å². The standard InChI is InChI=1S/C19H23N3O.ClH/c1-20-15-5-3-2-4-14(15)18-16(20)8-11-22(19(18)23)17-12-21-9-6-13(17)7-10-21;/h2-5,13,17H,6-12H2,1H3;1H. The Bertz CT molecular complexity index is 791. The summed E-state index contributed by atoms with van der Waals surface area (Å²) in [6.45, 7) is 4.41. The van der Waals surface area contributed by atoms with Gasteiger partial charge in [0.15, 0.2) is 0 Å². The van der Waals surface area contributed by atoms with E-state index in [1.54, 1.807) is 0 Å². The van der Waals surface area contributed by atoms with Crippen LogP contribution in [0, 0.1) is 5.92 Å². The van der Waals surface area contributed by atoms with E-state index in [1.165, 1.54) is 37.1 Å². The first kappa shape index (κ1) is 16.0. The maximum atomic E-state index is 13.3. The highest BCUT2D eigenvalue weighted by Gasteiger charge is 2.42. The van der Waals surface area contributed by atoms with Gasteiger partial charge in [-0.15, -0.1) is 12.4 Å². The molecule has 0 saturated carbocycles. The van der Waals surface area contributed by atoms with Gasteiger partial charge < -0.3 is 14.4 Å². The molecule has 0 aliphatic carbocycles. The molecule has 2 bridgehead atoms. The van der Waals surface area contributed by atoms with Crippen LogP contribution < -0.4 is 0 Å². The normalized spacial score (nSPS) is 28.8. The zero-order chi connectivity index (χ0) is 15.6. The predicted molar refractivity (Wildman–Crippen MR) is 97.9 cm³/mol. The predicted octanol–water partition coefficient (Wildman–Crippen LogP) is 2.69. The Kier molecular flexibility index (Phi) is 3.85. The number of halogens is 1. The number of nitrogens with zero attached hydrogens (tertiary/aromatic N) is 3. The molecule has 1 atom stereocenters.